The Bertz CT molecular complexity index is 2540. The molecule has 0 spiro atoms. The van der Waals surface area contributed by atoms with Crippen molar-refractivity contribution in [2.45, 2.75) is 52.6 Å². The maximum atomic E-state index is 14.6. The summed E-state index contributed by atoms with van der Waals surface area (Å²) in [6.45, 7) is 8.13. The molecule has 1 aliphatic rings. The number of methoxy groups -OCH3 is 1. The van der Waals surface area contributed by atoms with E-state index in [0.29, 0.717) is 46.4 Å². The van der Waals surface area contributed by atoms with Gasteiger partial charge in [0.2, 0.25) is 0 Å². The average Bonchev–Trinajstić information content (AvgIpc) is 3.58. The van der Waals surface area contributed by atoms with Crippen molar-refractivity contribution in [1.29, 1.82) is 0 Å². The number of benzene rings is 5. The fourth-order valence-electron chi connectivity index (χ4n) is 6.97. The van der Waals surface area contributed by atoms with Gasteiger partial charge >= 0.3 is 5.97 Å². The molecule has 266 valence electrons. The van der Waals surface area contributed by atoms with Gasteiger partial charge in [-0.15, -0.1) is 0 Å². The molecule has 1 atom stereocenters. The van der Waals surface area contributed by atoms with Crippen LogP contribution in [0.3, 0.4) is 0 Å². The van der Waals surface area contributed by atoms with Crippen LogP contribution in [-0.4, -0.2) is 33.3 Å². The zero-order valence-corrected chi connectivity index (χ0v) is 30.1. The van der Waals surface area contributed by atoms with Crippen LogP contribution in [0.5, 0.6) is 11.5 Å². The second kappa shape index (κ2) is 13.5. The van der Waals surface area contributed by atoms with E-state index in [2.05, 4.69) is 0 Å². The molecular formula is C44H38FN3O5. The van der Waals surface area contributed by atoms with Gasteiger partial charge in [-0.2, -0.15) is 5.10 Å². The van der Waals surface area contributed by atoms with Gasteiger partial charge in [-0.3, -0.25) is 0 Å². The molecule has 8 bridgehead atoms. The summed E-state index contributed by atoms with van der Waals surface area (Å²) in [6.07, 6.45) is -1.10. The number of hydrogen-bond acceptors (Lipinski definition) is 7. The van der Waals surface area contributed by atoms with Crippen LogP contribution in [0.25, 0.3) is 50.1 Å². The van der Waals surface area contributed by atoms with Crippen LogP contribution in [0.2, 0.25) is 0 Å². The Morgan fingerprint density at radius 3 is 2.25 bits per heavy atom. The summed E-state index contributed by atoms with van der Waals surface area (Å²) in [4.78, 5) is 18.6. The van der Waals surface area contributed by atoms with Gasteiger partial charge in [0, 0.05) is 45.5 Å². The third kappa shape index (κ3) is 6.60. The van der Waals surface area contributed by atoms with Gasteiger partial charge < -0.3 is 18.9 Å². The number of fused-ring (bicyclic) bond motifs is 15. The number of ether oxygens (including phenoxy) is 4. The van der Waals surface area contributed by atoms with E-state index >= 15 is 0 Å². The fourth-order valence-corrected chi connectivity index (χ4v) is 6.97. The molecule has 8 nitrogen and oxygen atoms in total. The molecule has 5 aromatic carbocycles. The minimum absolute atomic E-state index is 0.246. The Morgan fingerprint density at radius 2 is 1.49 bits per heavy atom. The van der Waals surface area contributed by atoms with Gasteiger partial charge in [0.25, 0.3) is 0 Å². The summed E-state index contributed by atoms with van der Waals surface area (Å²) >= 11 is 0. The van der Waals surface area contributed by atoms with Crippen molar-refractivity contribution in [3.8, 4) is 45.1 Å². The number of esters is 1. The number of halogens is 1. The molecule has 0 radical (unpaired) electrons. The molecule has 0 fully saturated rings. The molecule has 0 saturated heterocycles. The number of aromatic nitrogens is 3. The van der Waals surface area contributed by atoms with Crippen LogP contribution in [0.4, 0.5) is 4.39 Å². The number of nitrogens with zero attached hydrogens (tertiary/aromatic N) is 3. The van der Waals surface area contributed by atoms with Crippen LogP contribution in [0.15, 0.2) is 109 Å². The predicted molar refractivity (Wildman–Crippen MR) is 202 cm³/mol. The first kappa shape index (κ1) is 34.0. The molecule has 7 aromatic rings. The second-order valence-electron chi connectivity index (χ2n) is 14.2. The van der Waals surface area contributed by atoms with Crippen molar-refractivity contribution in [3.63, 3.8) is 0 Å². The number of carbonyl (C=O) groups is 1. The van der Waals surface area contributed by atoms with Gasteiger partial charge in [0.05, 0.1) is 24.1 Å². The molecule has 0 aliphatic carbocycles. The van der Waals surface area contributed by atoms with E-state index in [-0.39, 0.29) is 12.4 Å². The third-order valence-corrected chi connectivity index (χ3v) is 9.31. The van der Waals surface area contributed by atoms with E-state index in [1.54, 1.807) is 10.6 Å². The highest BCUT2D eigenvalue weighted by Gasteiger charge is 2.34. The molecule has 2 aromatic heterocycles. The minimum atomic E-state index is -1.10. The molecule has 1 aliphatic heterocycles. The second-order valence-corrected chi connectivity index (χ2v) is 14.2. The van der Waals surface area contributed by atoms with Crippen molar-refractivity contribution < 1.29 is 28.1 Å². The summed E-state index contributed by atoms with van der Waals surface area (Å²) in [6, 6.07) is 34.4. The lowest BCUT2D eigenvalue weighted by molar-refractivity contribution is -0.164. The summed E-state index contributed by atoms with van der Waals surface area (Å²) in [5.74, 6) is 0.189. The van der Waals surface area contributed by atoms with Crippen molar-refractivity contribution in [3.05, 3.63) is 137 Å². The lowest BCUT2D eigenvalue weighted by atomic mass is 9.94. The number of aryl methyl sites for hydroxylation is 1. The molecule has 0 amide bonds. The van der Waals surface area contributed by atoms with Crippen LogP contribution in [0, 0.1) is 12.7 Å². The molecule has 0 saturated carbocycles. The maximum absolute atomic E-state index is 14.6. The van der Waals surface area contributed by atoms with Crippen molar-refractivity contribution >= 4 is 22.4 Å². The Morgan fingerprint density at radius 1 is 0.792 bits per heavy atom. The average molecular weight is 708 g/mol. The van der Waals surface area contributed by atoms with Crippen LogP contribution in [-0.2, 0) is 27.5 Å². The molecular weight excluding hydrogens is 669 g/mol. The summed E-state index contributed by atoms with van der Waals surface area (Å²) in [7, 11) is 1.36. The Hall–Kier alpha value is -6.06. The lowest BCUT2D eigenvalue weighted by Crippen LogP contribution is -2.29. The highest BCUT2D eigenvalue weighted by atomic mass is 19.1. The SMILES string of the molecule is COC(=O)C(OC(C)(C)C)c1c(C)nc2cc3nn2c1-c1ccc(c2ccccc12)OCc1cccc(c1)COc1cc(F)ccc1-c1cccc-3c1. The molecule has 0 N–H and O–H groups in total. The van der Waals surface area contributed by atoms with E-state index < -0.39 is 17.7 Å². The fraction of sp³-hybridized carbons (Fsp3) is 0.205. The summed E-state index contributed by atoms with van der Waals surface area (Å²) < 4.78 is 41.0. The van der Waals surface area contributed by atoms with Gasteiger partial charge in [-0.1, -0.05) is 60.7 Å². The molecule has 3 heterocycles. The normalized spacial score (nSPS) is 13.3. The molecule has 9 heteroatoms. The summed E-state index contributed by atoms with van der Waals surface area (Å²) in [5.41, 5.74) is 7.44. The van der Waals surface area contributed by atoms with Crippen molar-refractivity contribution in [2.75, 3.05) is 7.11 Å². The van der Waals surface area contributed by atoms with Gasteiger partial charge in [0.15, 0.2) is 11.8 Å². The topological polar surface area (TPSA) is 84.2 Å². The minimum Gasteiger partial charge on any atom is -0.488 e. The van der Waals surface area contributed by atoms with E-state index in [4.69, 9.17) is 29.0 Å². The monoisotopic (exact) mass is 707 g/mol. The first-order valence-electron chi connectivity index (χ1n) is 17.5. The molecule has 53 heavy (non-hydrogen) atoms. The zero-order chi connectivity index (χ0) is 36.9. The summed E-state index contributed by atoms with van der Waals surface area (Å²) in [5, 5.41) is 6.95. The lowest BCUT2D eigenvalue weighted by Gasteiger charge is -2.28. The Kier molecular flexibility index (Phi) is 8.66. The predicted octanol–water partition coefficient (Wildman–Crippen LogP) is 9.83. The van der Waals surface area contributed by atoms with Crippen LogP contribution < -0.4 is 9.47 Å². The number of carbonyl (C=O) groups excluding carboxylic acids is 1. The first-order chi connectivity index (χ1) is 25.6. The van der Waals surface area contributed by atoms with E-state index in [0.717, 1.165) is 44.2 Å². The zero-order valence-electron chi connectivity index (χ0n) is 30.1. The third-order valence-electron chi connectivity index (χ3n) is 9.31. The van der Waals surface area contributed by atoms with E-state index in [1.165, 1.54) is 19.2 Å². The largest absolute Gasteiger partial charge is 0.488 e. The molecule has 8 rings (SSSR count). The highest BCUT2D eigenvalue weighted by molar-refractivity contribution is 6.01. The van der Waals surface area contributed by atoms with Gasteiger partial charge in [-0.25, -0.2) is 18.7 Å². The highest BCUT2D eigenvalue weighted by Crippen LogP contribution is 2.42. The van der Waals surface area contributed by atoms with Crippen molar-refractivity contribution in [2.24, 2.45) is 0 Å². The Balaban J connectivity index is 1.43. The van der Waals surface area contributed by atoms with Crippen molar-refractivity contribution in [1.82, 2.24) is 14.6 Å². The van der Waals surface area contributed by atoms with Crippen LogP contribution in [0.1, 0.15) is 49.3 Å². The molecule has 1 unspecified atom stereocenters. The smallest absolute Gasteiger partial charge is 0.339 e. The van der Waals surface area contributed by atoms with E-state index in [1.807, 2.05) is 119 Å². The first-order valence-corrected chi connectivity index (χ1v) is 17.5. The Labute approximate surface area is 306 Å². The maximum Gasteiger partial charge on any atom is 0.339 e. The van der Waals surface area contributed by atoms with E-state index in [9.17, 15) is 9.18 Å². The quantitative estimate of drug-likeness (QED) is 0.169. The number of hydrogen-bond donors (Lipinski definition) is 0. The van der Waals surface area contributed by atoms with Gasteiger partial charge in [-0.05, 0) is 86.2 Å². The van der Waals surface area contributed by atoms with Gasteiger partial charge in [0.1, 0.15) is 30.5 Å². The van der Waals surface area contributed by atoms with Crippen LogP contribution >= 0.6 is 0 Å². The standard InChI is InChI=1S/C44H38FN3O5/c1-26-40(42(43(49)50-5)53-44(2,3)4)41-35-18-19-37(34-15-7-6-14-33(34)35)51-24-27-10-8-11-28(20-27)25-52-38-22-31(45)16-17-32(38)29-12-9-13-30(21-29)36-23-39(46-26)48(41)47-36/h6-23,42H,24-25H2,1-5H3. The number of rotatable bonds is 3.